The summed E-state index contributed by atoms with van der Waals surface area (Å²) in [6, 6.07) is 13.2. The predicted molar refractivity (Wildman–Crippen MR) is 92.9 cm³/mol. The van der Waals surface area contributed by atoms with Crippen molar-refractivity contribution in [3.8, 4) is 11.1 Å². The van der Waals surface area contributed by atoms with E-state index >= 15 is 0 Å². The van der Waals surface area contributed by atoms with Crippen molar-refractivity contribution >= 4 is 23.1 Å². The smallest absolute Gasteiger partial charge is 0.289 e. The van der Waals surface area contributed by atoms with Crippen LogP contribution in [0.5, 0.6) is 0 Å². The van der Waals surface area contributed by atoms with E-state index in [0.29, 0.717) is 12.4 Å². The van der Waals surface area contributed by atoms with Crippen molar-refractivity contribution in [3.63, 3.8) is 0 Å². The van der Waals surface area contributed by atoms with Crippen LogP contribution in [0, 0.1) is 10.1 Å². The molecule has 0 fully saturated rings. The molecule has 0 aliphatic rings. The van der Waals surface area contributed by atoms with Gasteiger partial charge in [-0.15, -0.1) is 0 Å². The third-order valence-electron chi connectivity index (χ3n) is 3.45. The van der Waals surface area contributed by atoms with Gasteiger partial charge in [0.2, 0.25) is 0 Å². The summed E-state index contributed by atoms with van der Waals surface area (Å²) in [5.41, 5.74) is 3.04. The summed E-state index contributed by atoms with van der Waals surface area (Å²) in [4.78, 5) is 18.2. The molecule has 0 amide bonds. The van der Waals surface area contributed by atoms with Gasteiger partial charge in [0.1, 0.15) is 12.0 Å². The molecule has 0 aliphatic heterocycles. The van der Waals surface area contributed by atoms with E-state index < -0.39 is 4.92 Å². The summed E-state index contributed by atoms with van der Waals surface area (Å²) in [5, 5.41) is 14.0. The summed E-state index contributed by atoms with van der Waals surface area (Å²) in [5.74, 6) is 0.415. The van der Waals surface area contributed by atoms with Crippen LogP contribution in [0.15, 0.2) is 61.1 Å². The fourth-order valence-corrected chi connectivity index (χ4v) is 2.42. The highest BCUT2D eigenvalue weighted by Gasteiger charge is 2.10. The molecule has 120 valence electrons. The van der Waals surface area contributed by atoms with E-state index in [0.717, 1.165) is 16.7 Å². The molecule has 0 radical (unpaired) electrons. The van der Waals surface area contributed by atoms with Crippen molar-refractivity contribution in [1.29, 1.82) is 0 Å². The van der Waals surface area contributed by atoms with Gasteiger partial charge in [-0.3, -0.25) is 15.1 Å². The summed E-state index contributed by atoms with van der Waals surface area (Å²) in [7, 11) is 0. The molecule has 24 heavy (non-hydrogen) atoms. The first kappa shape index (κ1) is 15.9. The highest BCUT2D eigenvalue weighted by molar-refractivity contribution is 6.33. The van der Waals surface area contributed by atoms with Gasteiger partial charge >= 0.3 is 0 Å². The summed E-state index contributed by atoms with van der Waals surface area (Å²) >= 11 is 6.01. The van der Waals surface area contributed by atoms with Crippen LogP contribution in [-0.4, -0.2) is 14.9 Å². The molecule has 3 rings (SSSR count). The van der Waals surface area contributed by atoms with E-state index in [-0.39, 0.29) is 10.7 Å². The van der Waals surface area contributed by atoms with Crippen LogP contribution in [0.3, 0.4) is 0 Å². The molecule has 0 atom stereocenters. The van der Waals surface area contributed by atoms with E-state index in [2.05, 4.69) is 15.3 Å². The molecule has 0 bridgehead atoms. The summed E-state index contributed by atoms with van der Waals surface area (Å²) < 4.78 is 0. The molecule has 2 aromatic heterocycles. The number of nitrogens with zero attached hydrogens (tertiary/aromatic N) is 3. The van der Waals surface area contributed by atoms with Crippen molar-refractivity contribution in [2.75, 3.05) is 5.32 Å². The van der Waals surface area contributed by atoms with E-state index in [9.17, 15) is 10.1 Å². The Labute approximate surface area is 143 Å². The van der Waals surface area contributed by atoms with Gasteiger partial charge in [0.15, 0.2) is 0 Å². The van der Waals surface area contributed by atoms with Gasteiger partial charge in [0.05, 0.1) is 9.95 Å². The Morgan fingerprint density at radius 1 is 1.12 bits per heavy atom. The van der Waals surface area contributed by atoms with Gasteiger partial charge in [-0.25, -0.2) is 4.98 Å². The summed E-state index contributed by atoms with van der Waals surface area (Å²) in [6.45, 7) is 0.512. The minimum atomic E-state index is -0.528. The number of nitro groups is 1. The van der Waals surface area contributed by atoms with Crippen molar-refractivity contribution < 1.29 is 4.92 Å². The second-order valence-electron chi connectivity index (χ2n) is 5.07. The third-order valence-corrected chi connectivity index (χ3v) is 3.73. The van der Waals surface area contributed by atoms with Crippen molar-refractivity contribution in [2.24, 2.45) is 0 Å². The summed E-state index contributed by atoms with van der Waals surface area (Å²) in [6.07, 6.45) is 4.73. The second kappa shape index (κ2) is 7.06. The monoisotopic (exact) mass is 340 g/mol. The van der Waals surface area contributed by atoms with Crippen molar-refractivity contribution in [2.45, 2.75) is 6.54 Å². The van der Waals surface area contributed by atoms with Gasteiger partial charge in [-0.2, -0.15) is 0 Å². The van der Waals surface area contributed by atoms with Crippen LogP contribution >= 0.6 is 11.6 Å². The number of benzene rings is 1. The molecular formula is C17H13ClN4O2. The van der Waals surface area contributed by atoms with Crippen LogP contribution < -0.4 is 5.32 Å². The molecule has 0 aliphatic carbocycles. The van der Waals surface area contributed by atoms with Gasteiger partial charge < -0.3 is 5.32 Å². The molecule has 7 heteroatoms. The Kier molecular flexibility index (Phi) is 4.67. The fraction of sp³-hybridized carbons (Fsp3) is 0.0588. The Bertz CT molecular complexity index is 854. The van der Waals surface area contributed by atoms with Gasteiger partial charge in [0.25, 0.3) is 5.69 Å². The van der Waals surface area contributed by atoms with Crippen molar-refractivity contribution in [1.82, 2.24) is 9.97 Å². The normalized spacial score (nSPS) is 10.4. The highest BCUT2D eigenvalue weighted by Crippen LogP contribution is 2.24. The fourth-order valence-electron chi connectivity index (χ4n) is 2.19. The first-order valence-electron chi connectivity index (χ1n) is 7.16. The quantitative estimate of drug-likeness (QED) is 0.552. The molecule has 2 heterocycles. The lowest BCUT2D eigenvalue weighted by molar-refractivity contribution is -0.385. The maximum Gasteiger partial charge on any atom is 0.289 e. The zero-order valence-electron chi connectivity index (χ0n) is 12.5. The zero-order valence-corrected chi connectivity index (χ0v) is 13.3. The molecule has 0 unspecified atom stereocenters. The SMILES string of the molecule is O=[N+]([O-])c1cnc(NCc2ccc(-c3cccnc3)cc2)c(Cl)c1. The molecule has 0 saturated carbocycles. The number of pyridine rings is 2. The number of hydrogen-bond donors (Lipinski definition) is 1. The molecule has 0 spiro atoms. The Hall–Kier alpha value is -2.99. The van der Waals surface area contributed by atoms with E-state index in [4.69, 9.17) is 11.6 Å². The molecule has 1 aromatic carbocycles. The minimum absolute atomic E-state index is 0.133. The second-order valence-corrected chi connectivity index (χ2v) is 5.48. The number of rotatable bonds is 5. The lowest BCUT2D eigenvalue weighted by Crippen LogP contribution is -2.02. The standard InChI is InChI=1S/C17H13ClN4O2/c18-16-8-15(22(23)24)11-21-17(16)20-9-12-3-5-13(6-4-12)14-2-1-7-19-10-14/h1-8,10-11H,9H2,(H,20,21). The van der Waals surface area contributed by atoms with Gasteiger partial charge in [-0.05, 0) is 22.8 Å². The minimum Gasteiger partial charge on any atom is -0.365 e. The topological polar surface area (TPSA) is 81.0 Å². The number of anilines is 1. The lowest BCUT2D eigenvalue weighted by Gasteiger charge is -2.08. The highest BCUT2D eigenvalue weighted by atomic mass is 35.5. The maximum absolute atomic E-state index is 10.7. The number of nitrogens with one attached hydrogen (secondary N) is 1. The van der Waals surface area contributed by atoms with E-state index in [1.165, 1.54) is 12.3 Å². The van der Waals surface area contributed by atoms with Crippen LogP contribution in [0.25, 0.3) is 11.1 Å². The van der Waals surface area contributed by atoms with Crippen LogP contribution in [0.4, 0.5) is 11.5 Å². The lowest BCUT2D eigenvalue weighted by atomic mass is 10.1. The number of aromatic nitrogens is 2. The molecule has 3 aromatic rings. The third kappa shape index (κ3) is 3.67. The molecule has 1 N–H and O–H groups in total. The number of halogens is 1. The number of hydrogen-bond acceptors (Lipinski definition) is 5. The van der Waals surface area contributed by atoms with E-state index in [1.807, 2.05) is 42.6 Å². The maximum atomic E-state index is 10.7. The van der Waals surface area contributed by atoms with Crippen molar-refractivity contribution in [3.05, 3.63) is 81.8 Å². The molecule has 6 nitrogen and oxygen atoms in total. The zero-order chi connectivity index (χ0) is 16.9. The van der Waals surface area contributed by atoms with E-state index in [1.54, 1.807) is 6.20 Å². The molecular weight excluding hydrogens is 328 g/mol. The van der Waals surface area contributed by atoms with Crippen LogP contribution in [0.2, 0.25) is 5.02 Å². The molecule has 0 saturated heterocycles. The predicted octanol–water partition coefficient (Wildman–Crippen LogP) is 4.32. The Morgan fingerprint density at radius 3 is 2.54 bits per heavy atom. The van der Waals surface area contributed by atoms with Crippen LogP contribution in [-0.2, 0) is 6.54 Å². The first-order chi connectivity index (χ1) is 11.6. The van der Waals surface area contributed by atoms with Gasteiger partial charge in [0, 0.05) is 25.0 Å². The Balaban J connectivity index is 1.68. The van der Waals surface area contributed by atoms with Gasteiger partial charge in [-0.1, -0.05) is 41.9 Å². The first-order valence-corrected chi connectivity index (χ1v) is 7.54. The van der Waals surface area contributed by atoms with Crippen LogP contribution in [0.1, 0.15) is 5.56 Å². The Morgan fingerprint density at radius 2 is 1.92 bits per heavy atom. The largest absolute Gasteiger partial charge is 0.365 e. The average molecular weight is 341 g/mol. The average Bonchev–Trinajstić information content (AvgIpc) is 2.62.